The number of benzene rings is 2. The monoisotopic (exact) mass is 504 g/mol. The first-order chi connectivity index (χ1) is 15.3. The molecular formula is C22H25BrN4O5. The van der Waals surface area contributed by atoms with Crippen LogP contribution in [0.25, 0.3) is 0 Å². The Morgan fingerprint density at radius 2 is 1.91 bits per heavy atom. The predicted molar refractivity (Wildman–Crippen MR) is 125 cm³/mol. The molecule has 0 spiro atoms. The third-order valence-corrected chi connectivity index (χ3v) is 4.73. The number of amides is 3. The molecule has 0 heterocycles. The maximum absolute atomic E-state index is 12.3. The first-order valence-electron chi connectivity index (χ1n) is 9.82. The molecule has 0 fully saturated rings. The van der Waals surface area contributed by atoms with Crippen molar-refractivity contribution in [3.63, 3.8) is 0 Å². The van der Waals surface area contributed by atoms with Gasteiger partial charge < -0.3 is 20.1 Å². The van der Waals surface area contributed by atoms with Gasteiger partial charge in [0, 0.05) is 12.2 Å². The number of nitrogens with zero attached hydrogens (tertiary/aromatic N) is 1. The van der Waals surface area contributed by atoms with Gasteiger partial charge in [0.25, 0.3) is 5.91 Å². The summed E-state index contributed by atoms with van der Waals surface area (Å²) in [7, 11) is 1.46. The second kappa shape index (κ2) is 12.5. The summed E-state index contributed by atoms with van der Waals surface area (Å²) >= 11 is 3.39. The fraction of sp³-hybridized carbons (Fsp3) is 0.273. The lowest BCUT2D eigenvalue weighted by Gasteiger charge is -2.14. The van der Waals surface area contributed by atoms with Crippen molar-refractivity contribution in [1.29, 1.82) is 0 Å². The molecule has 0 bridgehead atoms. The molecule has 2 rings (SSSR count). The summed E-state index contributed by atoms with van der Waals surface area (Å²) < 4.78 is 11.5. The average molecular weight is 505 g/mol. The summed E-state index contributed by atoms with van der Waals surface area (Å²) in [5.74, 6) is -1.23. The molecule has 9 nitrogen and oxygen atoms in total. The summed E-state index contributed by atoms with van der Waals surface area (Å²) in [6.07, 6.45) is 2.07. The molecule has 3 N–H and O–H groups in total. The van der Waals surface area contributed by atoms with Crippen molar-refractivity contribution in [1.82, 2.24) is 10.7 Å². The molecule has 3 amide bonds. The summed E-state index contributed by atoms with van der Waals surface area (Å²) in [4.78, 5) is 35.4. The van der Waals surface area contributed by atoms with Gasteiger partial charge in [0.2, 0.25) is 0 Å². The van der Waals surface area contributed by atoms with Gasteiger partial charge >= 0.3 is 11.8 Å². The number of rotatable bonds is 9. The molecule has 0 aromatic heterocycles. The van der Waals surface area contributed by atoms with Crippen LogP contribution in [-0.4, -0.2) is 44.2 Å². The number of aryl methyl sites for hydroxylation is 1. The normalized spacial score (nSPS) is 10.5. The van der Waals surface area contributed by atoms with E-state index in [1.165, 1.54) is 13.3 Å². The van der Waals surface area contributed by atoms with E-state index in [-0.39, 0.29) is 12.5 Å². The van der Waals surface area contributed by atoms with Crippen LogP contribution in [0.2, 0.25) is 0 Å². The van der Waals surface area contributed by atoms with Gasteiger partial charge in [-0.1, -0.05) is 25.1 Å². The number of carbonyl (C=O) groups is 3. The Morgan fingerprint density at radius 1 is 1.16 bits per heavy atom. The molecule has 0 saturated heterocycles. The number of hydrogen-bond acceptors (Lipinski definition) is 6. The average Bonchev–Trinajstić information content (AvgIpc) is 2.77. The van der Waals surface area contributed by atoms with Crippen LogP contribution >= 0.6 is 15.9 Å². The zero-order valence-electron chi connectivity index (χ0n) is 18.0. The largest absolute Gasteiger partial charge is 0.493 e. The van der Waals surface area contributed by atoms with Gasteiger partial charge in [-0.25, -0.2) is 5.43 Å². The van der Waals surface area contributed by atoms with Gasteiger partial charge in [0.15, 0.2) is 18.1 Å². The van der Waals surface area contributed by atoms with E-state index < -0.39 is 11.8 Å². The molecule has 2 aromatic rings. The number of ether oxygens (including phenoxy) is 2. The number of carbonyl (C=O) groups excluding carboxylic acids is 3. The summed E-state index contributed by atoms with van der Waals surface area (Å²) in [6, 6.07) is 10.7. The Hall–Kier alpha value is -3.40. The maximum atomic E-state index is 12.3. The maximum Gasteiger partial charge on any atom is 0.329 e. The first-order valence-corrected chi connectivity index (χ1v) is 10.6. The summed E-state index contributed by atoms with van der Waals surface area (Å²) in [6.45, 7) is 3.96. The smallest absolute Gasteiger partial charge is 0.329 e. The summed E-state index contributed by atoms with van der Waals surface area (Å²) in [5.41, 5.74) is 4.38. The van der Waals surface area contributed by atoms with Crippen molar-refractivity contribution in [3.8, 4) is 11.5 Å². The van der Waals surface area contributed by atoms with Gasteiger partial charge in [0.05, 0.1) is 17.8 Å². The van der Waals surface area contributed by atoms with Crippen LogP contribution in [0, 0.1) is 6.92 Å². The van der Waals surface area contributed by atoms with Crippen molar-refractivity contribution in [2.45, 2.75) is 20.3 Å². The SMILES string of the molecule is CCCNC(=O)C(=O)N/N=C\c1cc(Br)c(OCC(=O)Nc2ccccc2C)c(OC)c1. The van der Waals surface area contributed by atoms with Crippen LogP contribution < -0.4 is 25.5 Å². The van der Waals surface area contributed by atoms with Crippen LogP contribution in [0.3, 0.4) is 0 Å². The van der Waals surface area contributed by atoms with Gasteiger partial charge in [-0.05, 0) is 58.6 Å². The van der Waals surface area contributed by atoms with Crippen molar-refractivity contribution >= 4 is 45.6 Å². The fourth-order valence-electron chi connectivity index (χ4n) is 2.53. The number of nitrogens with one attached hydrogen (secondary N) is 3. The third kappa shape index (κ3) is 7.38. The Labute approximate surface area is 194 Å². The highest BCUT2D eigenvalue weighted by Crippen LogP contribution is 2.36. The molecule has 0 atom stereocenters. The molecule has 32 heavy (non-hydrogen) atoms. The highest BCUT2D eigenvalue weighted by molar-refractivity contribution is 9.10. The highest BCUT2D eigenvalue weighted by Gasteiger charge is 2.14. The molecule has 0 radical (unpaired) electrons. The van der Waals surface area contributed by atoms with Crippen molar-refractivity contribution < 1.29 is 23.9 Å². The highest BCUT2D eigenvalue weighted by atomic mass is 79.9. The minimum absolute atomic E-state index is 0.223. The molecule has 0 saturated carbocycles. The third-order valence-electron chi connectivity index (χ3n) is 4.14. The molecule has 170 valence electrons. The van der Waals surface area contributed by atoms with Crippen LogP contribution in [0.4, 0.5) is 5.69 Å². The second-order valence-electron chi connectivity index (χ2n) is 6.64. The molecule has 0 aliphatic rings. The Balaban J connectivity index is 2.00. The first kappa shape index (κ1) is 24.9. The lowest BCUT2D eigenvalue weighted by Crippen LogP contribution is -2.38. The molecule has 2 aromatic carbocycles. The molecule has 0 unspecified atom stereocenters. The van der Waals surface area contributed by atoms with Crippen LogP contribution in [0.15, 0.2) is 46.0 Å². The van der Waals surface area contributed by atoms with E-state index in [2.05, 4.69) is 37.1 Å². The number of hydrogen-bond donors (Lipinski definition) is 3. The van der Waals surface area contributed by atoms with Gasteiger partial charge in [0.1, 0.15) is 0 Å². The number of hydrazone groups is 1. The van der Waals surface area contributed by atoms with Crippen molar-refractivity contribution in [2.24, 2.45) is 5.10 Å². The second-order valence-corrected chi connectivity index (χ2v) is 7.50. The van der Waals surface area contributed by atoms with E-state index in [4.69, 9.17) is 9.47 Å². The van der Waals surface area contributed by atoms with E-state index in [0.29, 0.717) is 33.8 Å². The van der Waals surface area contributed by atoms with Crippen molar-refractivity contribution in [3.05, 3.63) is 52.0 Å². The van der Waals surface area contributed by atoms with Crippen LogP contribution in [0.1, 0.15) is 24.5 Å². The van der Waals surface area contributed by atoms with Gasteiger partial charge in [-0.3, -0.25) is 14.4 Å². The quantitative estimate of drug-likeness (QED) is 0.275. The topological polar surface area (TPSA) is 118 Å². The summed E-state index contributed by atoms with van der Waals surface area (Å²) in [5, 5.41) is 9.03. The van der Waals surface area contributed by atoms with Gasteiger partial charge in [-0.2, -0.15) is 5.10 Å². The van der Waals surface area contributed by atoms with E-state index in [9.17, 15) is 14.4 Å². The molecule has 0 aliphatic heterocycles. The predicted octanol–water partition coefficient (Wildman–Crippen LogP) is 2.76. The number of para-hydroxylation sites is 1. The number of anilines is 1. The lowest BCUT2D eigenvalue weighted by molar-refractivity contribution is -0.139. The van der Waals surface area contributed by atoms with Crippen molar-refractivity contribution in [2.75, 3.05) is 25.6 Å². The Kier molecular flexibility index (Phi) is 9.68. The van der Waals surface area contributed by atoms with Gasteiger partial charge in [-0.15, -0.1) is 0 Å². The van der Waals surface area contributed by atoms with E-state index in [0.717, 1.165) is 12.0 Å². The molecule has 10 heteroatoms. The standard InChI is InChI=1S/C22H25BrN4O5/c1-4-9-24-21(29)22(30)27-25-12-15-10-16(23)20(18(11-15)31-3)32-13-19(28)26-17-8-6-5-7-14(17)2/h5-8,10-12H,4,9,13H2,1-3H3,(H,24,29)(H,26,28)(H,27,30)/b25-12-. The Bertz CT molecular complexity index is 1010. The van der Waals surface area contributed by atoms with E-state index >= 15 is 0 Å². The van der Waals surface area contributed by atoms with Crippen LogP contribution in [-0.2, 0) is 14.4 Å². The minimum Gasteiger partial charge on any atom is -0.493 e. The number of methoxy groups -OCH3 is 1. The zero-order valence-corrected chi connectivity index (χ0v) is 19.6. The molecular weight excluding hydrogens is 480 g/mol. The lowest BCUT2D eigenvalue weighted by atomic mass is 10.2. The van der Waals surface area contributed by atoms with Crippen LogP contribution in [0.5, 0.6) is 11.5 Å². The Morgan fingerprint density at radius 3 is 2.59 bits per heavy atom. The fourth-order valence-corrected chi connectivity index (χ4v) is 3.10. The van der Waals surface area contributed by atoms with E-state index in [1.807, 2.05) is 38.1 Å². The zero-order chi connectivity index (χ0) is 23.5. The molecule has 0 aliphatic carbocycles. The van der Waals surface area contributed by atoms with E-state index in [1.54, 1.807) is 12.1 Å². The minimum atomic E-state index is -0.861. The number of halogens is 1.